The average molecular weight is 271 g/mol. The lowest BCUT2D eigenvalue weighted by molar-refractivity contribution is 0.0697. The SMILES string of the molecule is CCC(C)NC(=O)Nc1ccc(C(=O)O)c(Cl)c1. The van der Waals surface area contributed by atoms with Crippen LogP contribution < -0.4 is 10.6 Å². The predicted molar refractivity (Wildman–Crippen MR) is 70.3 cm³/mol. The second-order valence-electron chi connectivity index (χ2n) is 3.91. The molecule has 1 unspecified atom stereocenters. The minimum atomic E-state index is -1.10. The van der Waals surface area contributed by atoms with E-state index in [1.807, 2.05) is 13.8 Å². The van der Waals surface area contributed by atoms with Gasteiger partial charge in [0.1, 0.15) is 0 Å². The van der Waals surface area contributed by atoms with Crippen LogP contribution in [0.2, 0.25) is 5.02 Å². The van der Waals surface area contributed by atoms with E-state index in [9.17, 15) is 9.59 Å². The summed E-state index contributed by atoms with van der Waals surface area (Å²) >= 11 is 5.79. The van der Waals surface area contributed by atoms with Gasteiger partial charge in [0.2, 0.25) is 0 Å². The van der Waals surface area contributed by atoms with Crippen molar-refractivity contribution in [2.45, 2.75) is 26.3 Å². The number of carboxylic acid groups (broad SMARTS) is 1. The molecule has 5 nitrogen and oxygen atoms in total. The number of anilines is 1. The van der Waals surface area contributed by atoms with Crippen molar-refractivity contribution in [1.29, 1.82) is 0 Å². The van der Waals surface area contributed by atoms with Gasteiger partial charge in [-0.3, -0.25) is 0 Å². The summed E-state index contributed by atoms with van der Waals surface area (Å²) in [5, 5.41) is 14.2. The lowest BCUT2D eigenvalue weighted by Crippen LogP contribution is -2.35. The zero-order valence-electron chi connectivity index (χ0n) is 10.2. The number of benzene rings is 1. The van der Waals surface area contributed by atoms with E-state index in [0.29, 0.717) is 5.69 Å². The van der Waals surface area contributed by atoms with Crippen LogP contribution in [0.3, 0.4) is 0 Å². The molecule has 0 bridgehead atoms. The van der Waals surface area contributed by atoms with E-state index in [4.69, 9.17) is 16.7 Å². The smallest absolute Gasteiger partial charge is 0.337 e. The van der Waals surface area contributed by atoms with Crippen molar-refractivity contribution < 1.29 is 14.7 Å². The first-order valence-corrected chi connectivity index (χ1v) is 5.92. The number of hydrogen-bond acceptors (Lipinski definition) is 2. The molecular weight excluding hydrogens is 256 g/mol. The van der Waals surface area contributed by atoms with Crippen LogP contribution in [0.4, 0.5) is 10.5 Å². The molecule has 0 radical (unpaired) electrons. The number of rotatable bonds is 4. The van der Waals surface area contributed by atoms with Gasteiger partial charge in [-0.05, 0) is 31.5 Å². The first-order valence-electron chi connectivity index (χ1n) is 5.54. The van der Waals surface area contributed by atoms with Gasteiger partial charge in [-0.25, -0.2) is 9.59 Å². The molecule has 1 rings (SSSR count). The van der Waals surface area contributed by atoms with Crippen LogP contribution in [0.5, 0.6) is 0 Å². The molecule has 0 aromatic heterocycles. The van der Waals surface area contributed by atoms with Gasteiger partial charge in [-0.15, -0.1) is 0 Å². The van der Waals surface area contributed by atoms with Crippen molar-refractivity contribution >= 4 is 29.3 Å². The van der Waals surface area contributed by atoms with E-state index in [0.717, 1.165) is 6.42 Å². The van der Waals surface area contributed by atoms with E-state index in [-0.39, 0.29) is 22.7 Å². The van der Waals surface area contributed by atoms with Crippen LogP contribution >= 0.6 is 11.6 Å². The lowest BCUT2D eigenvalue weighted by atomic mass is 10.2. The Morgan fingerprint density at radius 1 is 1.44 bits per heavy atom. The summed E-state index contributed by atoms with van der Waals surface area (Å²) in [6.45, 7) is 3.85. The summed E-state index contributed by atoms with van der Waals surface area (Å²) in [5.41, 5.74) is 0.454. The van der Waals surface area contributed by atoms with E-state index < -0.39 is 5.97 Å². The van der Waals surface area contributed by atoms with Crippen molar-refractivity contribution in [2.24, 2.45) is 0 Å². The third-order valence-electron chi connectivity index (χ3n) is 2.45. The van der Waals surface area contributed by atoms with Crippen molar-refractivity contribution in [2.75, 3.05) is 5.32 Å². The van der Waals surface area contributed by atoms with Crippen LogP contribution in [0.1, 0.15) is 30.6 Å². The maximum absolute atomic E-state index is 11.5. The molecule has 0 aliphatic carbocycles. The minimum absolute atomic E-state index is 0.00421. The maximum atomic E-state index is 11.5. The Bertz CT molecular complexity index is 463. The highest BCUT2D eigenvalue weighted by Crippen LogP contribution is 2.20. The molecule has 0 saturated carbocycles. The molecule has 0 fully saturated rings. The minimum Gasteiger partial charge on any atom is -0.478 e. The van der Waals surface area contributed by atoms with Crippen LogP contribution in [0.15, 0.2) is 18.2 Å². The van der Waals surface area contributed by atoms with Crippen molar-refractivity contribution in [3.05, 3.63) is 28.8 Å². The first kappa shape index (κ1) is 14.3. The van der Waals surface area contributed by atoms with Crippen molar-refractivity contribution in [3.63, 3.8) is 0 Å². The average Bonchev–Trinajstić information content (AvgIpc) is 2.28. The van der Waals surface area contributed by atoms with Gasteiger partial charge in [0, 0.05) is 11.7 Å². The highest BCUT2D eigenvalue weighted by molar-refractivity contribution is 6.33. The highest BCUT2D eigenvalue weighted by atomic mass is 35.5. The summed E-state index contributed by atoms with van der Waals surface area (Å²) in [5.74, 6) is -1.10. The standard InChI is InChI=1S/C12H15ClN2O3/c1-3-7(2)14-12(18)15-8-4-5-9(11(16)17)10(13)6-8/h4-7H,3H2,1-2H3,(H,16,17)(H2,14,15,18). The summed E-state index contributed by atoms with van der Waals surface area (Å²) in [6, 6.07) is 3.97. The highest BCUT2D eigenvalue weighted by Gasteiger charge is 2.10. The summed E-state index contributed by atoms with van der Waals surface area (Å²) in [7, 11) is 0. The second-order valence-corrected chi connectivity index (χ2v) is 4.31. The van der Waals surface area contributed by atoms with Crippen LogP contribution in [-0.4, -0.2) is 23.1 Å². The Morgan fingerprint density at radius 2 is 2.11 bits per heavy atom. The fraction of sp³-hybridized carbons (Fsp3) is 0.333. The summed E-state index contributed by atoms with van der Waals surface area (Å²) in [4.78, 5) is 22.3. The van der Waals surface area contributed by atoms with Crippen molar-refractivity contribution in [1.82, 2.24) is 5.32 Å². The molecule has 98 valence electrons. The number of aromatic carboxylic acids is 1. The quantitative estimate of drug-likeness (QED) is 0.787. The van der Waals surface area contributed by atoms with E-state index in [1.165, 1.54) is 18.2 Å². The van der Waals surface area contributed by atoms with Gasteiger partial charge in [0.15, 0.2) is 0 Å². The Hall–Kier alpha value is -1.75. The number of halogens is 1. The molecule has 1 aromatic carbocycles. The maximum Gasteiger partial charge on any atom is 0.337 e. The van der Waals surface area contributed by atoms with Crippen molar-refractivity contribution in [3.8, 4) is 0 Å². The third-order valence-corrected chi connectivity index (χ3v) is 2.76. The van der Waals surface area contributed by atoms with Gasteiger partial charge in [0.25, 0.3) is 0 Å². The fourth-order valence-electron chi connectivity index (χ4n) is 1.26. The number of nitrogens with one attached hydrogen (secondary N) is 2. The van der Waals surface area contributed by atoms with Gasteiger partial charge in [-0.1, -0.05) is 18.5 Å². The van der Waals surface area contributed by atoms with Gasteiger partial charge in [-0.2, -0.15) is 0 Å². The Morgan fingerprint density at radius 3 is 2.61 bits per heavy atom. The molecule has 0 aliphatic heterocycles. The Balaban J connectivity index is 2.72. The fourth-order valence-corrected chi connectivity index (χ4v) is 1.52. The predicted octanol–water partition coefficient (Wildman–Crippen LogP) is 2.96. The molecular formula is C12H15ClN2O3. The number of carboxylic acids is 1. The number of carbonyl (C=O) groups is 2. The molecule has 6 heteroatoms. The largest absolute Gasteiger partial charge is 0.478 e. The molecule has 0 heterocycles. The molecule has 1 aromatic rings. The van der Waals surface area contributed by atoms with Crippen LogP contribution in [0.25, 0.3) is 0 Å². The zero-order chi connectivity index (χ0) is 13.7. The van der Waals surface area contributed by atoms with Gasteiger partial charge in [0.05, 0.1) is 10.6 Å². The molecule has 0 spiro atoms. The first-order chi connectivity index (χ1) is 8.43. The molecule has 0 aliphatic rings. The van der Waals surface area contributed by atoms with Gasteiger partial charge < -0.3 is 15.7 Å². The monoisotopic (exact) mass is 270 g/mol. The summed E-state index contributed by atoms with van der Waals surface area (Å²) in [6.07, 6.45) is 0.826. The lowest BCUT2D eigenvalue weighted by Gasteiger charge is -2.12. The van der Waals surface area contributed by atoms with E-state index in [2.05, 4.69) is 10.6 Å². The molecule has 18 heavy (non-hydrogen) atoms. The van der Waals surface area contributed by atoms with E-state index in [1.54, 1.807) is 0 Å². The molecule has 1 atom stereocenters. The van der Waals surface area contributed by atoms with E-state index >= 15 is 0 Å². The summed E-state index contributed by atoms with van der Waals surface area (Å²) < 4.78 is 0. The van der Waals surface area contributed by atoms with Crippen LogP contribution in [0, 0.1) is 0 Å². The molecule has 0 saturated heterocycles. The zero-order valence-corrected chi connectivity index (χ0v) is 10.9. The van der Waals surface area contributed by atoms with Crippen LogP contribution in [-0.2, 0) is 0 Å². The Kier molecular flexibility index (Phi) is 4.97. The third kappa shape index (κ3) is 3.92. The number of carbonyl (C=O) groups excluding carboxylic acids is 1. The molecule has 3 N–H and O–H groups in total. The molecule has 2 amide bonds. The Labute approximate surface area is 110 Å². The normalized spacial score (nSPS) is 11.7. The number of hydrogen-bond donors (Lipinski definition) is 3. The second kappa shape index (κ2) is 6.26. The topological polar surface area (TPSA) is 78.4 Å². The van der Waals surface area contributed by atoms with Gasteiger partial charge >= 0.3 is 12.0 Å². The number of urea groups is 1. The number of amides is 2.